The zero-order chi connectivity index (χ0) is 31.3. The van der Waals surface area contributed by atoms with E-state index in [4.69, 9.17) is 28.4 Å². The minimum Gasteiger partial charge on any atom is -0.379 e. The fraction of sp³-hybridized carbons (Fsp3) is 0.758. The lowest BCUT2D eigenvalue weighted by Crippen LogP contribution is -2.52. The standard InChI is InChI=1S/C29H47NO8.2C2H6/c1-3-28(26-7-5-4-6-8-26)27-23-30(24-27)29(32)10-12-34-14-16-36-18-20-38-22-21-37-19-17-35-15-13-33-11-9-25(2)31;2*1-2/h4-8,27-28H,3,9-24H2,1-2H3;2*1-2H3. The van der Waals surface area contributed by atoms with Gasteiger partial charge in [-0.25, -0.2) is 0 Å². The van der Waals surface area contributed by atoms with Crippen LogP contribution in [0.15, 0.2) is 30.3 Å². The summed E-state index contributed by atoms with van der Waals surface area (Å²) in [5.41, 5.74) is 1.37. The fourth-order valence-electron chi connectivity index (χ4n) is 4.25. The molecule has 0 N–H and O–H groups in total. The van der Waals surface area contributed by atoms with Crippen molar-refractivity contribution in [3.05, 3.63) is 35.9 Å². The van der Waals surface area contributed by atoms with Gasteiger partial charge < -0.3 is 33.3 Å². The first-order chi connectivity index (χ1) is 20.6. The lowest BCUT2D eigenvalue weighted by Gasteiger charge is -2.43. The number of ketones is 1. The van der Waals surface area contributed by atoms with Crippen molar-refractivity contribution < 1.29 is 38.0 Å². The number of hydrogen-bond acceptors (Lipinski definition) is 8. The van der Waals surface area contributed by atoms with Crippen molar-refractivity contribution in [2.24, 2.45) is 5.92 Å². The maximum atomic E-state index is 12.4. The number of nitrogens with zero attached hydrogens (tertiary/aromatic N) is 1. The molecule has 1 amide bonds. The zero-order valence-corrected chi connectivity index (χ0v) is 27.3. The molecule has 1 aromatic rings. The van der Waals surface area contributed by atoms with Gasteiger partial charge in [-0.3, -0.25) is 9.59 Å². The van der Waals surface area contributed by atoms with Crippen molar-refractivity contribution in [2.45, 2.75) is 66.7 Å². The molecule has 0 aromatic heterocycles. The highest BCUT2D eigenvalue weighted by Crippen LogP contribution is 2.34. The lowest BCUT2D eigenvalue weighted by molar-refractivity contribution is -0.139. The topological polar surface area (TPSA) is 92.8 Å². The number of carbonyl (C=O) groups excluding carboxylic acids is 2. The van der Waals surface area contributed by atoms with Gasteiger partial charge in [-0.1, -0.05) is 65.0 Å². The van der Waals surface area contributed by atoms with E-state index < -0.39 is 0 Å². The molecule has 1 heterocycles. The number of benzene rings is 1. The summed E-state index contributed by atoms with van der Waals surface area (Å²) in [7, 11) is 0. The van der Waals surface area contributed by atoms with E-state index in [2.05, 4.69) is 31.2 Å². The molecule has 0 saturated carbocycles. The molecule has 1 atom stereocenters. The van der Waals surface area contributed by atoms with Crippen molar-refractivity contribution in [2.75, 3.05) is 92.4 Å². The lowest BCUT2D eigenvalue weighted by atomic mass is 9.79. The number of hydrogen-bond donors (Lipinski definition) is 0. The van der Waals surface area contributed by atoms with Crippen LogP contribution in [0.4, 0.5) is 0 Å². The Hall–Kier alpha value is -1.88. The van der Waals surface area contributed by atoms with Crippen LogP contribution < -0.4 is 0 Å². The number of carbonyl (C=O) groups is 2. The number of ether oxygens (including phenoxy) is 6. The highest BCUT2D eigenvalue weighted by atomic mass is 16.6. The minimum atomic E-state index is 0.127. The molecule has 0 aliphatic carbocycles. The molecule has 244 valence electrons. The molecule has 1 aliphatic heterocycles. The molecule has 0 spiro atoms. The van der Waals surface area contributed by atoms with Gasteiger partial charge in [0, 0.05) is 25.4 Å². The monoisotopic (exact) mass is 597 g/mol. The van der Waals surface area contributed by atoms with Crippen molar-refractivity contribution >= 4 is 11.7 Å². The molecule has 9 heteroatoms. The Bertz CT molecular complexity index is 743. The molecule has 0 radical (unpaired) electrons. The van der Waals surface area contributed by atoms with E-state index >= 15 is 0 Å². The van der Waals surface area contributed by atoms with Crippen LogP contribution in [-0.4, -0.2) is 109 Å². The molecule has 2 rings (SSSR count). The largest absolute Gasteiger partial charge is 0.379 e. The Morgan fingerprint density at radius 1 is 0.667 bits per heavy atom. The normalized spacial score (nSPS) is 13.3. The highest BCUT2D eigenvalue weighted by molar-refractivity contribution is 5.77. The van der Waals surface area contributed by atoms with Gasteiger partial charge in [0.1, 0.15) is 5.78 Å². The fourth-order valence-corrected chi connectivity index (χ4v) is 4.25. The van der Waals surface area contributed by atoms with Gasteiger partial charge >= 0.3 is 0 Å². The molecule has 42 heavy (non-hydrogen) atoms. The highest BCUT2D eigenvalue weighted by Gasteiger charge is 2.35. The molecular formula is C33H59NO8. The minimum absolute atomic E-state index is 0.127. The van der Waals surface area contributed by atoms with E-state index in [-0.39, 0.29) is 11.7 Å². The quantitative estimate of drug-likeness (QED) is 0.151. The van der Waals surface area contributed by atoms with Crippen LogP contribution >= 0.6 is 0 Å². The van der Waals surface area contributed by atoms with Gasteiger partial charge in [0.25, 0.3) is 0 Å². The molecule has 1 aromatic carbocycles. The molecule has 1 fully saturated rings. The van der Waals surface area contributed by atoms with Crippen LogP contribution in [0.25, 0.3) is 0 Å². The van der Waals surface area contributed by atoms with Gasteiger partial charge in [0.15, 0.2) is 0 Å². The molecule has 1 unspecified atom stereocenters. The first-order valence-electron chi connectivity index (χ1n) is 15.9. The number of Topliss-reactive ketones (excluding diaryl/α,β-unsaturated/α-hetero) is 1. The van der Waals surface area contributed by atoms with Crippen LogP contribution in [0.1, 0.15) is 72.3 Å². The van der Waals surface area contributed by atoms with E-state index in [1.807, 2.05) is 38.7 Å². The summed E-state index contributed by atoms with van der Waals surface area (Å²) in [6.45, 7) is 19.2. The third-order valence-electron chi connectivity index (χ3n) is 6.42. The summed E-state index contributed by atoms with van der Waals surface area (Å²) in [5, 5.41) is 0. The molecule has 1 saturated heterocycles. The van der Waals surface area contributed by atoms with Crippen LogP contribution in [-0.2, 0) is 38.0 Å². The molecular weight excluding hydrogens is 538 g/mol. The Kier molecular flexibility index (Phi) is 27.9. The first-order valence-corrected chi connectivity index (χ1v) is 15.9. The summed E-state index contributed by atoms with van der Waals surface area (Å²) >= 11 is 0. The summed E-state index contributed by atoms with van der Waals surface area (Å²) in [4.78, 5) is 25.1. The van der Waals surface area contributed by atoms with Gasteiger partial charge in [0.2, 0.25) is 5.91 Å². The number of rotatable bonds is 24. The van der Waals surface area contributed by atoms with Crippen LogP contribution in [0.2, 0.25) is 0 Å². The van der Waals surface area contributed by atoms with Crippen LogP contribution in [0, 0.1) is 5.92 Å². The number of amides is 1. The summed E-state index contributed by atoms with van der Waals surface area (Å²) < 4.78 is 32.6. The molecule has 1 aliphatic rings. The third kappa shape index (κ3) is 20.1. The Morgan fingerprint density at radius 3 is 1.43 bits per heavy atom. The van der Waals surface area contributed by atoms with Crippen LogP contribution in [0.3, 0.4) is 0 Å². The van der Waals surface area contributed by atoms with Gasteiger partial charge in [-0.2, -0.15) is 0 Å². The Morgan fingerprint density at radius 2 is 1.05 bits per heavy atom. The summed E-state index contributed by atoms with van der Waals surface area (Å²) in [6.07, 6.45) is 1.95. The van der Waals surface area contributed by atoms with Crippen LogP contribution in [0.5, 0.6) is 0 Å². The summed E-state index contributed by atoms with van der Waals surface area (Å²) in [6, 6.07) is 10.6. The van der Waals surface area contributed by atoms with E-state index in [1.54, 1.807) is 6.92 Å². The summed E-state index contributed by atoms with van der Waals surface area (Å²) in [5.74, 6) is 1.36. The maximum Gasteiger partial charge on any atom is 0.224 e. The Labute approximate surface area is 255 Å². The van der Waals surface area contributed by atoms with E-state index in [0.717, 1.165) is 19.5 Å². The molecule has 9 nitrogen and oxygen atoms in total. The second-order valence-electron chi connectivity index (χ2n) is 9.36. The van der Waals surface area contributed by atoms with Crippen molar-refractivity contribution in [3.8, 4) is 0 Å². The van der Waals surface area contributed by atoms with Crippen molar-refractivity contribution in [3.63, 3.8) is 0 Å². The van der Waals surface area contributed by atoms with Gasteiger partial charge in [-0.05, 0) is 24.8 Å². The van der Waals surface area contributed by atoms with Gasteiger partial charge in [-0.15, -0.1) is 0 Å². The van der Waals surface area contributed by atoms with Gasteiger partial charge in [0.05, 0.1) is 85.7 Å². The third-order valence-corrected chi connectivity index (χ3v) is 6.42. The van der Waals surface area contributed by atoms with E-state index in [9.17, 15) is 9.59 Å². The van der Waals surface area contributed by atoms with Crippen molar-refractivity contribution in [1.82, 2.24) is 4.90 Å². The SMILES string of the molecule is CC.CC.CCC(c1ccccc1)C1CN(C(=O)CCOCCOCCOCCOCCOCCOCCC(C)=O)C1. The average molecular weight is 598 g/mol. The second kappa shape index (κ2) is 29.2. The second-order valence-corrected chi connectivity index (χ2v) is 9.36. The van der Waals surface area contributed by atoms with E-state index in [0.29, 0.717) is 104 Å². The smallest absolute Gasteiger partial charge is 0.224 e. The Balaban J connectivity index is 0.00000402. The zero-order valence-electron chi connectivity index (χ0n) is 27.3. The average Bonchev–Trinajstić information content (AvgIpc) is 2.99. The first kappa shape index (κ1) is 40.1. The van der Waals surface area contributed by atoms with Crippen molar-refractivity contribution in [1.29, 1.82) is 0 Å². The number of likely N-dealkylation sites (tertiary alicyclic amines) is 1. The molecule has 0 bridgehead atoms. The predicted octanol–water partition coefficient (Wildman–Crippen LogP) is 5.16. The van der Waals surface area contributed by atoms with E-state index in [1.165, 1.54) is 5.56 Å². The predicted molar refractivity (Wildman–Crippen MR) is 167 cm³/mol. The maximum absolute atomic E-state index is 12.4.